The first-order valence-electron chi connectivity index (χ1n) is 38.3. The second kappa shape index (κ2) is 34.6. The molecule has 7 fully saturated rings. The van der Waals surface area contributed by atoms with Crippen LogP contribution in [-0.4, -0.2) is 213 Å². The summed E-state index contributed by atoms with van der Waals surface area (Å²) >= 11 is 0. The average molecular weight is 1440 g/mol. The second-order valence-corrected chi connectivity index (χ2v) is 31.7. The number of aromatic nitrogens is 2. The molecule has 24 nitrogen and oxygen atoms in total. The summed E-state index contributed by atoms with van der Waals surface area (Å²) in [5.74, 6) is -1.37. The van der Waals surface area contributed by atoms with Crippen molar-refractivity contribution in [1.29, 1.82) is 0 Å². The molecule has 7 heterocycles. The van der Waals surface area contributed by atoms with Crippen molar-refractivity contribution in [2.75, 3.05) is 127 Å². The summed E-state index contributed by atoms with van der Waals surface area (Å²) in [5, 5.41) is 25.0. The highest BCUT2D eigenvalue weighted by atomic mass is 19.1. The fourth-order valence-corrected chi connectivity index (χ4v) is 17.1. The van der Waals surface area contributed by atoms with Crippen LogP contribution in [0.2, 0.25) is 0 Å². The molecular weight excluding hydrogens is 1330 g/mol. The number of nitrogens with zero attached hydrogens (tertiary/aromatic N) is 8. The molecule has 12 rings (SSSR count). The van der Waals surface area contributed by atoms with Gasteiger partial charge < -0.3 is 66.9 Å². The van der Waals surface area contributed by atoms with Crippen molar-refractivity contribution in [2.24, 2.45) is 16.7 Å². The van der Waals surface area contributed by atoms with Gasteiger partial charge in [0.05, 0.1) is 49.6 Å². The SMILES string of the molecule is CN[C@@H](C)C(=O)N[C@H](C(=O)N1C[C@@H](NC(=O)CCC(=O)NCCOCCN2CC[C@]3(CCN(CC(=O)NCc4cccc(CNc5cc(N6CCC7(CC6)CN(c6cc(F)c(CN8CCC(C)(C)CC8)cc6F)CC(=O)N7)ncn5)c4)C3)C2)C[C@H]1C(=O)NC1CCCc2ccccc21)C1CCCCC1. The molecule has 6 atom stereocenters. The zero-order chi connectivity index (χ0) is 73.0. The third-order valence-corrected chi connectivity index (χ3v) is 23.5. The van der Waals surface area contributed by atoms with Gasteiger partial charge in [-0.25, -0.2) is 18.7 Å². The van der Waals surface area contributed by atoms with E-state index in [4.69, 9.17) is 4.74 Å². The van der Waals surface area contributed by atoms with Gasteiger partial charge in [0.1, 0.15) is 41.7 Å². The highest BCUT2D eigenvalue weighted by Crippen LogP contribution is 2.40. The van der Waals surface area contributed by atoms with Crippen molar-refractivity contribution in [3.63, 3.8) is 0 Å². The van der Waals surface area contributed by atoms with E-state index in [1.807, 2.05) is 42.5 Å². The number of piperidine rings is 2. The number of likely N-dealkylation sites (tertiary alicyclic amines) is 4. The van der Waals surface area contributed by atoms with Crippen LogP contribution in [0.4, 0.5) is 26.1 Å². The van der Waals surface area contributed by atoms with Crippen molar-refractivity contribution < 1.29 is 47.1 Å². The Morgan fingerprint density at radius 1 is 0.721 bits per heavy atom. The number of fused-ring (bicyclic) bond motifs is 1. The standard InChI is InChI=1S/C78H110F2N16O8/c1-53(81-4)73(101)89-72(57-15-6-5-7-16-57)75(103)96-46-59(40-65(96)74(102)88-63-19-11-17-56-14-8-9-18-60(56)63)87-69(98)21-20-68(97)82-28-36-104-37-35-92-31-24-77(49-92)25-32-93(50-77)47-70(99)84-44-55-13-10-12-54(38-55)43-83-66-42-67(86-52-85-66)94-33-26-78(27-34-94)51-95(48-71(100)90-78)64-41-61(79)58(39-62(64)80)45-91-29-22-76(2,3)23-30-91/h8-10,12-14,18,38-39,41-42,52-53,57,59,63,65,72,81H,5-7,11,15-17,19-37,40,43-51H2,1-4H3,(H,82,97)(H,84,99)(H,87,98)(H,88,102)(H,89,101)(H,90,100)(H,83,85,86)/t53-,59-,63?,65-,72-,77-/m0/s1. The summed E-state index contributed by atoms with van der Waals surface area (Å²) < 4.78 is 37.4. The highest BCUT2D eigenvalue weighted by molar-refractivity contribution is 5.94. The van der Waals surface area contributed by atoms with Gasteiger partial charge in [-0.3, -0.25) is 43.4 Å². The number of rotatable bonds is 28. The minimum absolute atomic E-state index is 0.0171. The predicted octanol–water partition coefficient (Wildman–Crippen LogP) is 5.84. The molecule has 1 saturated carbocycles. The number of nitrogens with one attached hydrogen (secondary N) is 8. The van der Waals surface area contributed by atoms with Gasteiger partial charge in [0.15, 0.2) is 0 Å². The van der Waals surface area contributed by atoms with Crippen LogP contribution < -0.4 is 52.3 Å². The molecule has 564 valence electrons. The zero-order valence-corrected chi connectivity index (χ0v) is 61.4. The Morgan fingerprint density at radius 2 is 1.46 bits per heavy atom. The van der Waals surface area contributed by atoms with Crippen LogP contribution in [0.25, 0.3) is 0 Å². The quantitative estimate of drug-likeness (QED) is 0.0310. The fraction of sp³-hybridized carbons (Fsp3) is 0.628. The summed E-state index contributed by atoms with van der Waals surface area (Å²) in [4.78, 5) is 117. The number of hydrogen-bond acceptors (Lipinski definition) is 17. The van der Waals surface area contributed by atoms with E-state index in [1.54, 1.807) is 23.8 Å². The molecule has 1 unspecified atom stereocenters. The number of benzene rings is 3. The van der Waals surface area contributed by atoms with Gasteiger partial charge in [-0.1, -0.05) is 81.6 Å². The van der Waals surface area contributed by atoms with Crippen molar-refractivity contribution in [2.45, 2.75) is 185 Å². The molecule has 6 saturated heterocycles. The maximum Gasteiger partial charge on any atom is 0.246 e. The van der Waals surface area contributed by atoms with Gasteiger partial charge >= 0.3 is 0 Å². The molecule has 0 bridgehead atoms. The summed E-state index contributed by atoms with van der Waals surface area (Å²) in [6, 6.07) is 17.8. The van der Waals surface area contributed by atoms with Crippen LogP contribution in [0, 0.1) is 28.4 Å². The van der Waals surface area contributed by atoms with Crippen molar-refractivity contribution in [1.82, 2.24) is 66.8 Å². The maximum absolute atomic E-state index is 15.8. The Labute approximate surface area is 611 Å². The van der Waals surface area contributed by atoms with Gasteiger partial charge in [0, 0.05) is 109 Å². The molecule has 7 amide bonds. The zero-order valence-electron chi connectivity index (χ0n) is 61.4. The number of halogens is 2. The fourth-order valence-electron chi connectivity index (χ4n) is 17.1. The summed E-state index contributed by atoms with van der Waals surface area (Å²) in [6.45, 7) is 16.6. The van der Waals surface area contributed by atoms with E-state index in [0.717, 1.165) is 145 Å². The first kappa shape index (κ1) is 75.8. The lowest BCUT2D eigenvalue weighted by Crippen LogP contribution is -2.66. The maximum atomic E-state index is 15.8. The monoisotopic (exact) mass is 1440 g/mol. The largest absolute Gasteiger partial charge is 0.378 e. The van der Waals surface area contributed by atoms with E-state index in [-0.39, 0.29) is 102 Å². The number of carbonyl (C=O) groups excluding carboxylic acids is 7. The van der Waals surface area contributed by atoms with E-state index in [0.29, 0.717) is 89.8 Å². The predicted molar refractivity (Wildman–Crippen MR) is 394 cm³/mol. The molecule has 2 spiro atoms. The number of ether oxygens (including phenoxy) is 1. The van der Waals surface area contributed by atoms with E-state index in [9.17, 15) is 33.6 Å². The number of piperazine rings is 1. The first-order valence-corrected chi connectivity index (χ1v) is 38.3. The van der Waals surface area contributed by atoms with Gasteiger partial charge in [0.25, 0.3) is 0 Å². The van der Waals surface area contributed by atoms with E-state index in [2.05, 4.69) is 98.1 Å². The highest BCUT2D eigenvalue weighted by Gasteiger charge is 2.47. The number of amides is 7. The normalized spacial score (nSPS) is 23.5. The number of hydrogen-bond donors (Lipinski definition) is 8. The van der Waals surface area contributed by atoms with Crippen molar-refractivity contribution >= 4 is 58.7 Å². The van der Waals surface area contributed by atoms with Crippen LogP contribution in [0.5, 0.6) is 0 Å². The lowest BCUT2D eigenvalue weighted by atomic mass is 9.82. The van der Waals surface area contributed by atoms with E-state index < -0.39 is 41.3 Å². The molecule has 8 N–H and O–H groups in total. The molecule has 3 aromatic carbocycles. The Morgan fingerprint density at radius 3 is 2.25 bits per heavy atom. The summed E-state index contributed by atoms with van der Waals surface area (Å²) in [5.41, 5.74) is 4.53. The minimum Gasteiger partial charge on any atom is -0.378 e. The second-order valence-electron chi connectivity index (χ2n) is 31.7. The summed E-state index contributed by atoms with van der Waals surface area (Å²) in [7, 11) is 1.70. The Balaban J connectivity index is 0.522. The van der Waals surface area contributed by atoms with Crippen LogP contribution >= 0.6 is 0 Å². The molecular formula is C78H110F2N16O8. The molecule has 0 radical (unpaired) electrons. The first-order chi connectivity index (χ1) is 50.2. The Hall–Kier alpha value is -7.91. The van der Waals surface area contributed by atoms with Gasteiger partial charge in [-0.2, -0.15) is 0 Å². The van der Waals surface area contributed by atoms with E-state index >= 15 is 8.78 Å². The molecule has 26 heteroatoms. The minimum atomic E-state index is -0.863. The topological polar surface area (TPSA) is 270 Å². The number of anilines is 3. The van der Waals surface area contributed by atoms with Gasteiger partial charge in [-0.05, 0) is 162 Å². The van der Waals surface area contributed by atoms with Crippen LogP contribution in [0.15, 0.2) is 73.1 Å². The lowest BCUT2D eigenvalue weighted by molar-refractivity contribution is -0.143. The number of aryl methyl sites for hydroxylation is 1. The third kappa shape index (κ3) is 19.8. The van der Waals surface area contributed by atoms with Gasteiger partial charge in [0.2, 0.25) is 41.4 Å². The third-order valence-electron chi connectivity index (χ3n) is 23.5. The number of likely N-dealkylation sites (N-methyl/N-ethyl adjacent to an activating group) is 1. The average Bonchev–Trinajstić information content (AvgIpc) is 1.05. The Bertz CT molecular complexity index is 3670. The van der Waals surface area contributed by atoms with Gasteiger partial charge in [-0.15, -0.1) is 0 Å². The summed E-state index contributed by atoms with van der Waals surface area (Å²) in [6.07, 6.45) is 14.1. The molecule has 8 aliphatic rings. The Kier molecular flexibility index (Phi) is 25.2. The van der Waals surface area contributed by atoms with Crippen LogP contribution in [0.1, 0.15) is 157 Å². The molecule has 2 aliphatic carbocycles. The molecule has 104 heavy (non-hydrogen) atoms. The van der Waals surface area contributed by atoms with Crippen LogP contribution in [0.3, 0.4) is 0 Å². The van der Waals surface area contributed by atoms with Crippen molar-refractivity contribution in [3.8, 4) is 0 Å². The van der Waals surface area contributed by atoms with Crippen LogP contribution in [-0.2, 0) is 64.4 Å². The molecule has 6 aliphatic heterocycles. The number of carbonyl (C=O) groups is 7. The smallest absolute Gasteiger partial charge is 0.246 e. The van der Waals surface area contributed by atoms with Crippen molar-refractivity contribution in [3.05, 3.63) is 113 Å². The molecule has 1 aromatic heterocycles. The van der Waals surface area contributed by atoms with E-state index in [1.165, 1.54) is 24.0 Å². The molecule has 4 aromatic rings. The lowest BCUT2D eigenvalue weighted by Gasteiger charge is -2.48.